The largest absolute Gasteiger partial charge is 0.480 e. The number of rotatable bonds is 14. The minimum absolute atomic E-state index is 0.0235. The van der Waals surface area contributed by atoms with E-state index in [1.807, 2.05) is 0 Å². The molecule has 0 spiro atoms. The molecule has 1 rings (SSSR count). The Kier molecular flexibility index (Phi) is 11.0. The highest BCUT2D eigenvalue weighted by Crippen LogP contribution is 2.06. The minimum Gasteiger partial charge on any atom is -0.480 e. The number of hydrogen-bond acceptors (Lipinski definition) is 7. The topological polar surface area (TPSA) is 237 Å². The minimum atomic E-state index is -1.33. The molecular formula is C20H28N6O7. The van der Waals surface area contributed by atoms with E-state index in [-0.39, 0.29) is 19.3 Å². The van der Waals surface area contributed by atoms with Gasteiger partial charge in [0, 0.05) is 12.8 Å². The van der Waals surface area contributed by atoms with E-state index in [2.05, 4.69) is 16.0 Å². The van der Waals surface area contributed by atoms with Crippen LogP contribution in [0.15, 0.2) is 30.3 Å². The third kappa shape index (κ3) is 10.7. The Balaban J connectivity index is 3.01. The lowest BCUT2D eigenvalue weighted by atomic mass is 10.0. The highest BCUT2D eigenvalue weighted by Gasteiger charge is 2.29. The molecule has 33 heavy (non-hydrogen) atoms. The van der Waals surface area contributed by atoms with Gasteiger partial charge in [-0.3, -0.25) is 28.8 Å². The molecule has 1 aromatic carbocycles. The quantitative estimate of drug-likeness (QED) is 0.148. The number of carboxylic acid groups (broad SMARTS) is 1. The lowest BCUT2D eigenvalue weighted by Crippen LogP contribution is -2.57. The summed E-state index contributed by atoms with van der Waals surface area (Å²) in [4.78, 5) is 70.6. The Hall–Kier alpha value is -4.00. The first kappa shape index (κ1) is 27.0. The van der Waals surface area contributed by atoms with E-state index in [1.54, 1.807) is 30.3 Å². The van der Waals surface area contributed by atoms with Crippen molar-refractivity contribution in [2.75, 3.05) is 6.54 Å². The van der Waals surface area contributed by atoms with Crippen molar-refractivity contribution in [3.05, 3.63) is 35.9 Å². The summed E-state index contributed by atoms with van der Waals surface area (Å²) in [5.74, 6) is -5.30. The van der Waals surface area contributed by atoms with Gasteiger partial charge >= 0.3 is 5.97 Å². The molecule has 10 N–H and O–H groups in total. The SMILES string of the molecule is NC(=O)CCC(NC(=O)C(N)CC(N)=O)C(=O)NC(Cc1ccccc1)C(=O)NCC(=O)O. The maximum absolute atomic E-state index is 12.9. The Labute approximate surface area is 189 Å². The van der Waals surface area contributed by atoms with Gasteiger partial charge < -0.3 is 38.3 Å². The molecule has 0 aliphatic rings. The first-order chi connectivity index (χ1) is 15.5. The lowest BCUT2D eigenvalue weighted by Gasteiger charge is -2.24. The maximum atomic E-state index is 12.9. The molecule has 0 aromatic heterocycles. The molecule has 13 heteroatoms. The Bertz CT molecular complexity index is 877. The summed E-state index contributed by atoms with van der Waals surface area (Å²) in [6.07, 6.45) is -0.914. The van der Waals surface area contributed by atoms with Crippen LogP contribution in [-0.4, -0.2) is 65.3 Å². The summed E-state index contributed by atoms with van der Waals surface area (Å²) in [7, 11) is 0. The van der Waals surface area contributed by atoms with Crippen LogP contribution < -0.4 is 33.2 Å². The van der Waals surface area contributed by atoms with Crippen molar-refractivity contribution in [1.29, 1.82) is 0 Å². The number of carbonyl (C=O) groups is 6. The molecular weight excluding hydrogens is 436 g/mol. The molecule has 0 bridgehead atoms. The van der Waals surface area contributed by atoms with Crippen LogP contribution in [0.25, 0.3) is 0 Å². The van der Waals surface area contributed by atoms with Crippen molar-refractivity contribution in [1.82, 2.24) is 16.0 Å². The van der Waals surface area contributed by atoms with E-state index in [0.717, 1.165) is 0 Å². The van der Waals surface area contributed by atoms with Gasteiger partial charge in [-0.2, -0.15) is 0 Å². The predicted molar refractivity (Wildman–Crippen MR) is 115 cm³/mol. The molecule has 0 radical (unpaired) electrons. The molecule has 0 aliphatic heterocycles. The number of carbonyl (C=O) groups excluding carboxylic acids is 5. The summed E-state index contributed by atoms with van der Waals surface area (Å²) in [6.45, 7) is -0.663. The van der Waals surface area contributed by atoms with Gasteiger partial charge in [-0.05, 0) is 12.0 Å². The molecule has 3 atom stereocenters. The second kappa shape index (κ2) is 13.4. The molecule has 0 saturated carbocycles. The van der Waals surface area contributed by atoms with Gasteiger partial charge in [0.15, 0.2) is 0 Å². The van der Waals surface area contributed by atoms with Crippen LogP contribution in [0.4, 0.5) is 0 Å². The average Bonchev–Trinajstić information content (AvgIpc) is 2.74. The Morgan fingerprint density at radius 2 is 1.45 bits per heavy atom. The molecule has 0 fully saturated rings. The zero-order valence-corrected chi connectivity index (χ0v) is 17.8. The van der Waals surface area contributed by atoms with Crippen molar-refractivity contribution >= 4 is 35.5 Å². The third-order valence-corrected chi connectivity index (χ3v) is 4.40. The normalized spacial score (nSPS) is 13.1. The number of hydrogen-bond donors (Lipinski definition) is 7. The fourth-order valence-electron chi connectivity index (χ4n) is 2.76. The van der Waals surface area contributed by atoms with Crippen LogP contribution in [-0.2, 0) is 35.2 Å². The molecule has 0 heterocycles. The smallest absolute Gasteiger partial charge is 0.322 e. The second-order valence-corrected chi connectivity index (χ2v) is 7.21. The van der Waals surface area contributed by atoms with E-state index < -0.39 is 66.6 Å². The summed E-state index contributed by atoms with van der Waals surface area (Å²) >= 11 is 0. The van der Waals surface area contributed by atoms with E-state index in [1.165, 1.54) is 0 Å². The van der Waals surface area contributed by atoms with E-state index in [0.29, 0.717) is 5.56 Å². The van der Waals surface area contributed by atoms with Gasteiger partial charge in [-0.1, -0.05) is 30.3 Å². The van der Waals surface area contributed by atoms with E-state index in [4.69, 9.17) is 22.3 Å². The lowest BCUT2D eigenvalue weighted by molar-refractivity contribution is -0.138. The molecule has 0 aliphatic carbocycles. The summed E-state index contributed by atoms with van der Waals surface area (Å²) in [5, 5.41) is 15.8. The fraction of sp³-hybridized carbons (Fsp3) is 0.400. The van der Waals surface area contributed by atoms with Crippen molar-refractivity contribution < 1.29 is 33.9 Å². The van der Waals surface area contributed by atoms with Crippen LogP contribution in [0.5, 0.6) is 0 Å². The number of benzene rings is 1. The van der Waals surface area contributed by atoms with Crippen LogP contribution in [0.1, 0.15) is 24.8 Å². The Morgan fingerprint density at radius 3 is 2.00 bits per heavy atom. The van der Waals surface area contributed by atoms with Gasteiger partial charge in [0.2, 0.25) is 29.5 Å². The van der Waals surface area contributed by atoms with Crippen molar-refractivity contribution in [2.45, 2.75) is 43.8 Å². The number of carboxylic acids is 1. The zero-order valence-electron chi connectivity index (χ0n) is 17.8. The highest BCUT2D eigenvalue weighted by atomic mass is 16.4. The van der Waals surface area contributed by atoms with Gasteiger partial charge in [0.05, 0.1) is 12.5 Å². The van der Waals surface area contributed by atoms with Gasteiger partial charge in [-0.25, -0.2) is 0 Å². The summed E-state index contributed by atoms with van der Waals surface area (Å²) < 4.78 is 0. The molecule has 1 aromatic rings. The second-order valence-electron chi connectivity index (χ2n) is 7.21. The first-order valence-electron chi connectivity index (χ1n) is 9.96. The van der Waals surface area contributed by atoms with Crippen molar-refractivity contribution in [2.24, 2.45) is 17.2 Å². The third-order valence-electron chi connectivity index (χ3n) is 4.40. The average molecular weight is 464 g/mol. The van der Waals surface area contributed by atoms with Crippen LogP contribution >= 0.6 is 0 Å². The fourth-order valence-corrected chi connectivity index (χ4v) is 2.76. The standard InChI is InChI=1S/C20H28N6O7/c21-12(9-16(23)28)18(31)25-13(6-7-15(22)27)20(33)26-14(19(32)24-10-17(29)30)8-11-4-2-1-3-5-11/h1-5,12-14H,6-10,21H2,(H2,22,27)(H2,23,28)(H,24,32)(H,25,31)(H,26,33)(H,29,30). The van der Waals surface area contributed by atoms with Crippen molar-refractivity contribution in [3.8, 4) is 0 Å². The van der Waals surface area contributed by atoms with Crippen LogP contribution in [0, 0.1) is 0 Å². The number of aliphatic carboxylic acids is 1. The Morgan fingerprint density at radius 1 is 0.848 bits per heavy atom. The van der Waals surface area contributed by atoms with E-state index in [9.17, 15) is 28.8 Å². The number of nitrogens with two attached hydrogens (primary N) is 3. The molecule has 0 saturated heterocycles. The van der Waals surface area contributed by atoms with Gasteiger partial charge in [-0.15, -0.1) is 0 Å². The number of nitrogens with one attached hydrogen (secondary N) is 3. The zero-order chi connectivity index (χ0) is 25.0. The predicted octanol–water partition coefficient (Wildman–Crippen LogP) is -3.13. The molecule has 5 amide bonds. The maximum Gasteiger partial charge on any atom is 0.322 e. The molecule has 13 nitrogen and oxygen atoms in total. The monoisotopic (exact) mass is 464 g/mol. The highest BCUT2D eigenvalue weighted by molar-refractivity contribution is 5.95. The molecule has 180 valence electrons. The number of primary amides is 2. The summed E-state index contributed by atoms with van der Waals surface area (Å²) in [6, 6.07) is 4.79. The van der Waals surface area contributed by atoms with Crippen molar-refractivity contribution in [3.63, 3.8) is 0 Å². The molecule has 3 unspecified atom stereocenters. The van der Waals surface area contributed by atoms with E-state index >= 15 is 0 Å². The van der Waals surface area contributed by atoms with Crippen LogP contribution in [0.2, 0.25) is 0 Å². The van der Waals surface area contributed by atoms with Crippen LogP contribution in [0.3, 0.4) is 0 Å². The first-order valence-corrected chi connectivity index (χ1v) is 9.96. The van der Waals surface area contributed by atoms with Gasteiger partial charge in [0.25, 0.3) is 0 Å². The number of amides is 5. The van der Waals surface area contributed by atoms with Gasteiger partial charge in [0.1, 0.15) is 18.6 Å². The summed E-state index contributed by atoms with van der Waals surface area (Å²) in [5.41, 5.74) is 16.4.